The van der Waals surface area contributed by atoms with Crippen LogP contribution in [0, 0.1) is 0 Å². The van der Waals surface area contributed by atoms with Crippen molar-refractivity contribution in [2.45, 2.75) is 26.3 Å². The standard InChI is InChI=1S/C16H18ClN3O2S2.ClH/c1-2-20-6-5-10-11(8-20)24-16(14(10)15(18)22)19-13(21)7-9-3-4-12(17)23-9;/h3-4H,2,5-8H2,1H3,(H2,18,22)(H,19,21);1H. The van der Waals surface area contributed by atoms with E-state index in [0.29, 0.717) is 14.9 Å². The normalized spacial score (nSPS) is 13.8. The Balaban J connectivity index is 0.00000225. The molecule has 2 aromatic rings. The highest BCUT2D eigenvalue weighted by Gasteiger charge is 2.27. The second-order valence-electron chi connectivity index (χ2n) is 5.62. The van der Waals surface area contributed by atoms with E-state index in [1.54, 1.807) is 6.07 Å². The van der Waals surface area contributed by atoms with Crippen LogP contribution in [0.15, 0.2) is 12.1 Å². The molecule has 5 nitrogen and oxygen atoms in total. The summed E-state index contributed by atoms with van der Waals surface area (Å²) in [5, 5.41) is 3.43. The number of likely N-dealkylation sites (N-methyl/N-ethyl adjacent to an activating group) is 1. The summed E-state index contributed by atoms with van der Waals surface area (Å²) in [7, 11) is 0. The number of thiophene rings is 2. The number of halogens is 2. The summed E-state index contributed by atoms with van der Waals surface area (Å²) in [5.74, 6) is -0.645. The van der Waals surface area contributed by atoms with Crippen molar-refractivity contribution in [3.05, 3.63) is 37.4 Å². The van der Waals surface area contributed by atoms with E-state index in [9.17, 15) is 9.59 Å². The second-order valence-corrected chi connectivity index (χ2v) is 8.53. The average molecular weight is 420 g/mol. The van der Waals surface area contributed by atoms with E-state index in [4.69, 9.17) is 17.3 Å². The monoisotopic (exact) mass is 419 g/mol. The van der Waals surface area contributed by atoms with Gasteiger partial charge in [0, 0.05) is 22.8 Å². The number of amides is 2. The fourth-order valence-electron chi connectivity index (χ4n) is 2.85. The fraction of sp³-hybridized carbons (Fsp3) is 0.375. The third-order valence-electron chi connectivity index (χ3n) is 4.05. The highest BCUT2D eigenvalue weighted by Crippen LogP contribution is 2.37. The van der Waals surface area contributed by atoms with Crippen LogP contribution in [0.3, 0.4) is 0 Å². The smallest absolute Gasteiger partial charge is 0.251 e. The molecule has 3 N–H and O–H groups in total. The number of nitrogens with two attached hydrogens (primary N) is 1. The Bertz CT molecular complexity index is 788. The number of carbonyl (C=O) groups is 2. The molecule has 0 bridgehead atoms. The van der Waals surface area contributed by atoms with Gasteiger partial charge in [0.05, 0.1) is 16.3 Å². The number of primary amides is 1. The first-order valence-corrected chi connectivity index (χ1v) is 9.69. The largest absolute Gasteiger partial charge is 0.365 e. The van der Waals surface area contributed by atoms with Crippen molar-refractivity contribution in [3.63, 3.8) is 0 Å². The number of nitrogens with zero attached hydrogens (tertiary/aromatic N) is 1. The lowest BCUT2D eigenvalue weighted by atomic mass is 10.0. The van der Waals surface area contributed by atoms with Crippen LogP contribution in [0.5, 0.6) is 0 Å². The first kappa shape index (κ1) is 20.2. The summed E-state index contributed by atoms with van der Waals surface area (Å²) in [6, 6.07) is 3.60. The molecule has 3 heterocycles. The van der Waals surface area contributed by atoms with Gasteiger partial charge >= 0.3 is 0 Å². The molecule has 0 radical (unpaired) electrons. The highest BCUT2D eigenvalue weighted by atomic mass is 35.5. The first-order valence-electron chi connectivity index (χ1n) is 7.68. The second kappa shape index (κ2) is 8.51. The molecule has 0 aromatic carbocycles. The Kier molecular flexibility index (Phi) is 6.87. The van der Waals surface area contributed by atoms with E-state index in [0.717, 1.165) is 41.4 Å². The van der Waals surface area contributed by atoms with Gasteiger partial charge in [0.1, 0.15) is 5.00 Å². The number of hydrogen-bond acceptors (Lipinski definition) is 5. The van der Waals surface area contributed by atoms with E-state index in [1.807, 2.05) is 6.07 Å². The molecule has 1 aliphatic heterocycles. The zero-order valence-electron chi connectivity index (χ0n) is 13.6. The number of anilines is 1. The van der Waals surface area contributed by atoms with Crippen LogP contribution in [0.4, 0.5) is 5.00 Å². The highest BCUT2D eigenvalue weighted by molar-refractivity contribution is 7.17. The molecule has 9 heteroatoms. The summed E-state index contributed by atoms with van der Waals surface area (Å²) in [5.41, 5.74) is 7.04. The summed E-state index contributed by atoms with van der Waals surface area (Å²) in [6.07, 6.45) is 1.02. The molecule has 2 aromatic heterocycles. The van der Waals surface area contributed by atoms with Crippen molar-refractivity contribution in [3.8, 4) is 0 Å². The SMILES string of the molecule is CCN1CCc2c(sc(NC(=O)Cc3ccc(Cl)s3)c2C(N)=O)C1.Cl. The maximum absolute atomic E-state index is 12.3. The Morgan fingerprint density at radius 3 is 2.72 bits per heavy atom. The van der Waals surface area contributed by atoms with Crippen LogP contribution in [0.1, 0.15) is 32.6 Å². The van der Waals surface area contributed by atoms with Gasteiger partial charge in [0.2, 0.25) is 5.91 Å². The van der Waals surface area contributed by atoms with Gasteiger partial charge in [-0.1, -0.05) is 18.5 Å². The molecule has 0 unspecified atom stereocenters. The Morgan fingerprint density at radius 2 is 2.12 bits per heavy atom. The molecule has 25 heavy (non-hydrogen) atoms. The van der Waals surface area contributed by atoms with Gasteiger partial charge in [-0.25, -0.2) is 0 Å². The van der Waals surface area contributed by atoms with E-state index in [-0.39, 0.29) is 24.7 Å². The lowest BCUT2D eigenvalue weighted by Crippen LogP contribution is -2.30. The van der Waals surface area contributed by atoms with Crippen molar-refractivity contribution < 1.29 is 9.59 Å². The predicted molar refractivity (Wildman–Crippen MR) is 106 cm³/mol. The number of fused-ring (bicyclic) bond motifs is 1. The third kappa shape index (κ3) is 4.54. The average Bonchev–Trinajstić information content (AvgIpc) is 3.09. The van der Waals surface area contributed by atoms with Crippen LogP contribution in [0.2, 0.25) is 4.34 Å². The summed E-state index contributed by atoms with van der Waals surface area (Å²) in [6.45, 7) is 4.78. The van der Waals surface area contributed by atoms with E-state index in [2.05, 4.69) is 17.1 Å². The zero-order valence-corrected chi connectivity index (χ0v) is 16.8. The van der Waals surface area contributed by atoms with Crippen LogP contribution in [-0.2, 0) is 24.2 Å². The van der Waals surface area contributed by atoms with Gasteiger partial charge in [-0.15, -0.1) is 35.1 Å². The van der Waals surface area contributed by atoms with Gasteiger partial charge in [-0.2, -0.15) is 0 Å². The van der Waals surface area contributed by atoms with Crippen molar-refractivity contribution in [2.24, 2.45) is 5.73 Å². The van der Waals surface area contributed by atoms with Crippen molar-refractivity contribution in [1.29, 1.82) is 0 Å². The molecule has 136 valence electrons. The molecule has 0 saturated heterocycles. The molecule has 1 aliphatic rings. The van der Waals surface area contributed by atoms with Gasteiger partial charge < -0.3 is 11.1 Å². The third-order valence-corrected chi connectivity index (χ3v) is 6.41. The van der Waals surface area contributed by atoms with Crippen molar-refractivity contribution in [2.75, 3.05) is 18.4 Å². The topological polar surface area (TPSA) is 75.4 Å². The Hall–Kier alpha value is -1.12. The fourth-order valence-corrected chi connectivity index (χ4v) is 5.25. The van der Waals surface area contributed by atoms with E-state index < -0.39 is 5.91 Å². The maximum atomic E-state index is 12.3. The number of rotatable bonds is 5. The minimum absolute atomic E-state index is 0. The van der Waals surface area contributed by atoms with E-state index >= 15 is 0 Å². The van der Waals surface area contributed by atoms with Gasteiger partial charge in [0.25, 0.3) is 5.91 Å². The van der Waals surface area contributed by atoms with Gasteiger partial charge in [-0.3, -0.25) is 14.5 Å². The molecular weight excluding hydrogens is 401 g/mol. The molecule has 3 rings (SSSR count). The zero-order chi connectivity index (χ0) is 17.3. The quantitative estimate of drug-likeness (QED) is 0.777. The van der Waals surface area contributed by atoms with Crippen LogP contribution in [-0.4, -0.2) is 29.8 Å². The molecule has 2 amide bonds. The lowest BCUT2D eigenvalue weighted by molar-refractivity contribution is -0.115. The van der Waals surface area contributed by atoms with Crippen molar-refractivity contribution in [1.82, 2.24) is 4.90 Å². The predicted octanol–water partition coefficient (Wildman–Crippen LogP) is 3.54. The minimum Gasteiger partial charge on any atom is -0.365 e. The Morgan fingerprint density at radius 1 is 1.36 bits per heavy atom. The molecular formula is C16H19Cl2N3O2S2. The maximum Gasteiger partial charge on any atom is 0.251 e. The number of nitrogens with one attached hydrogen (secondary N) is 1. The van der Waals surface area contributed by atoms with Crippen LogP contribution in [0.25, 0.3) is 0 Å². The summed E-state index contributed by atoms with van der Waals surface area (Å²) < 4.78 is 0.655. The molecule has 0 saturated carbocycles. The summed E-state index contributed by atoms with van der Waals surface area (Å²) in [4.78, 5) is 28.5. The first-order chi connectivity index (χ1) is 11.5. The summed E-state index contributed by atoms with van der Waals surface area (Å²) >= 11 is 8.72. The van der Waals surface area contributed by atoms with Gasteiger partial charge in [0.15, 0.2) is 0 Å². The van der Waals surface area contributed by atoms with Crippen LogP contribution >= 0.6 is 46.7 Å². The molecule has 0 atom stereocenters. The minimum atomic E-state index is -0.480. The van der Waals surface area contributed by atoms with Crippen molar-refractivity contribution >= 4 is 63.5 Å². The van der Waals surface area contributed by atoms with Gasteiger partial charge in [-0.05, 0) is 30.7 Å². The number of carbonyl (C=O) groups excluding carboxylic acids is 2. The molecule has 0 spiro atoms. The molecule has 0 aliphatic carbocycles. The molecule has 0 fully saturated rings. The Labute approximate surface area is 165 Å². The van der Waals surface area contributed by atoms with E-state index in [1.165, 1.54) is 22.7 Å². The lowest BCUT2D eigenvalue weighted by Gasteiger charge is -2.25. The van der Waals surface area contributed by atoms with Crippen LogP contribution < -0.4 is 11.1 Å². The number of hydrogen-bond donors (Lipinski definition) is 2.